The Kier molecular flexibility index (Phi) is 5.90. The van der Waals surface area contributed by atoms with Crippen molar-refractivity contribution in [2.24, 2.45) is 0 Å². The first-order chi connectivity index (χ1) is 12.6. The molecule has 2 aromatic rings. The summed E-state index contributed by atoms with van der Waals surface area (Å²) in [6.45, 7) is 7.23. The maximum absolute atomic E-state index is 5.78. The first-order valence-electron chi connectivity index (χ1n) is 8.82. The van der Waals surface area contributed by atoms with E-state index < -0.39 is 0 Å². The average Bonchev–Trinajstić information content (AvgIpc) is 2.62. The number of anilines is 2. The Morgan fingerprint density at radius 3 is 2.50 bits per heavy atom. The molecule has 1 aliphatic heterocycles. The van der Waals surface area contributed by atoms with Gasteiger partial charge < -0.3 is 20.1 Å². The van der Waals surface area contributed by atoms with E-state index in [1.807, 2.05) is 19.1 Å². The van der Waals surface area contributed by atoms with Gasteiger partial charge in [-0.05, 0) is 24.6 Å². The standard InChI is InChI=1S/C19H27N5O2/c1-14-10-18(22-19(20)21-14)24-8-6-23(7-9-24)12-15-4-5-17(26-3)16(11-15)13-25-2/h4-5,10-11H,6-9,12-13H2,1-3H3,(H2,20,21,22). The van der Waals surface area contributed by atoms with Crippen molar-refractivity contribution in [3.05, 3.63) is 41.1 Å². The van der Waals surface area contributed by atoms with E-state index in [9.17, 15) is 0 Å². The smallest absolute Gasteiger partial charge is 0.222 e. The lowest BCUT2D eigenvalue weighted by atomic mass is 10.1. The van der Waals surface area contributed by atoms with Crippen molar-refractivity contribution in [3.63, 3.8) is 0 Å². The number of hydrogen-bond acceptors (Lipinski definition) is 7. The van der Waals surface area contributed by atoms with Gasteiger partial charge in [0.15, 0.2) is 0 Å². The predicted octanol–water partition coefficient (Wildman–Crippen LogP) is 1.84. The zero-order valence-electron chi connectivity index (χ0n) is 15.7. The molecule has 140 valence electrons. The Hall–Kier alpha value is -2.38. The highest BCUT2D eigenvalue weighted by Gasteiger charge is 2.19. The number of ether oxygens (including phenoxy) is 2. The summed E-state index contributed by atoms with van der Waals surface area (Å²) < 4.78 is 10.7. The molecule has 1 fully saturated rings. The van der Waals surface area contributed by atoms with Crippen LogP contribution in [0.15, 0.2) is 24.3 Å². The van der Waals surface area contributed by atoms with Crippen LogP contribution in [0.3, 0.4) is 0 Å². The number of aromatic nitrogens is 2. The van der Waals surface area contributed by atoms with Gasteiger partial charge >= 0.3 is 0 Å². The molecule has 26 heavy (non-hydrogen) atoms. The van der Waals surface area contributed by atoms with Crippen LogP contribution in [0.5, 0.6) is 5.75 Å². The molecule has 0 amide bonds. The van der Waals surface area contributed by atoms with Crippen LogP contribution < -0.4 is 15.4 Å². The van der Waals surface area contributed by atoms with Crippen LogP contribution in [0, 0.1) is 6.92 Å². The first-order valence-corrected chi connectivity index (χ1v) is 8.82. The monoisotopic (exact) mass is 357 g/mol. The quantitative estimate of drug-likeness (QED) is 0.845. The number of nitrogens with two attached hydrogens (primary N) is 1. The molecule has 1 saturated heterocycles. The molecule has 1 aromatic carbocycles. The molecule has 2 heterocycles. The van der Waals surface area contributed by atoms with Crippen molar-refractivity contribution >= 4 is 11.8 Å². The Balaban J connectivity index is 1.61. The zero-order valence-corrected chi connectivity index (χ0v) is 15.7. The van der Waals surface area contributed by atoms with Gasteiger partial charge in [0.1, 0.15) is 11.6 Å². The fourth-order valence-electron chi connectivity index (χ4n) is 3.33. The topological polar surface area (TPSA) is 76.7 Å². The van der Waals surface area contributed by atoms with Crippen LogP contribution in [0.1, 0.15) is 16.8 Å². The van der Waals surface area contributed by atoms with Crippen molar-refractivity contribution in [2.75, 3.05) is 51.0 Å². The van der Waals surface area contributed by atoms with Gasteiger partial charge in [-0.25, -0.2) is 4.98 Å². The lowest BCUT2D eigenvalue weighted by Crippen LogP contribution is -2.46. The molecule has 0 spiro atoms. The zero-order chi connectivity index (χ0) is 18.5. The van der Waals surface area contributed by atoms with E-state index in [-0.39, 0.29) is 0 Å². The van der Waals surface area contributed by atoms with Crippen molar-refractivity contribution in [1.29, 1.82) is 0 Å². The highest BCUT2D eigenvalue weighted by molar-refractivity contribution is 5.44. The molecule has 0 radical (unpaired) electrons. The van der Waals surface area contributed by atoms with Gasteiger partial charge in [0.25, 0.3) is 0 Å². The molecule has 0 atom stereocenters. The van der Waals surface area contributed by atoms with Crippen LogP contribution in [0.4, 0.5) is 11.8 Å². The van der Waals surface area contributed by atoms with Gasteiger partial charge in [-0.15, -0.1) is 0 Å². The van der Waals surface area contributed by atoms with Crippen LogP contribution in [0.2, 0.25) is 0 Å². The van der Waals surface area contributed by atoms with E-state index in [4.69, 9.17) is 15.2 Å². The minimum absolute atomic E-state index is 0.339. The minimum Gasteiger partial charge on any atom is -0.496 e. The summed E-state index contributed by atoms with van der Waals surface area (Å²) >= 11 is 0. The third-order valence-corrected chi connectivity index (χ3v) is 4.61. The Bertz CT molecular complexity index is 724. The van der Waals surface area contributed by atoms with Crippen LogP contribution in [-0.2, 0) is 17.9 Å². The molecule has 7 heteroatoms. The lowest BCUT2D eigenvalue weighted by Gasteiger charge is -2.35. The normalized spacial score (nSPS) is 15.3. The summed E-state index contributed by atoms with van der Waals surface area (Å²) in [5.41, 5.74) is 9.03. The fourth-order valence-corrected chi connectivity index (χ4v) is 3.33. The number of nitrogens with zero attached hydrogens (tertiary/aromatic N) is 4. The third-order valence-electron chi connectivity index (χ3n) is 4.61. The summed E-state index contributed by atoms with van der Waals surface area (Å²) in [4.78, 5) is 13.2. The summed E-state index contributed by atoms with van der Waals surface area (Å²) in [5.74, 6) is 2.13. The SMILES string of the molecule is COCc1cc(CN2CCN(c3cc(C)nc(N)n3)CC2)ccc1OC. The van der Waals surface area contributed by atoms with Gasteiger partial charge in [-0.1, -0.05) is 6.07 Å². The van der Waals surface area contributed by atoms with Gasteiger partial charge in [-0.3, -0.25) is 4.90 Å². The third kappa shape index (κ3) is 4.42. The van der Waals surface area contributed by atoms with Crippen LogP contribution in [0.25, 0.3) is 0 Å². The fraction of sp³-hybridized carbons (Fsp3) is 0.474. The summed E-state index contributed by atoms with van der Waals surface area (Å²) in [6.07, 6.45) is 0. The van der Waals surface area contributed by atoms with Gasteiger partial charge in [0, 0.05) is 57.2 Å². The molecule has 1 aliphatic rings. The summed E-state index contributed by atoms with van der Waals surface area (Å²) in [7, 11) is 3.39. The van der Waals surface area contributed by atoms with Gasteiger partial charge in [0.05, 0.1) is 13.7 Å². The largest absolute Gasteiger partial charge is 0.496 e. The number of aryl methyl sites for hydroxylation is 1. The number of hydrogen-bond donors (Lipinski definition) is 1. The van der Waals surface area contributed by atoms with Crippen LogP contribution in [-0.4, -0.2) is 55.3 Å². The van der Waals surface area contributed by atoms with Crippen LogP contribution >= 0.6 is 0 Å². The summed E-state index contributed by atoms with van der Waals surface area (Å²) in [6, 6.07) is 8.31. The van der Waals surface area contributed by atoms with E-state index in [1.54, 1.807) is 14.2 Å². The second kappa shape index (κ2) is 8.33. The molecule has 0 aliphatic carbocycles. The molecule has 0 unspecified atom stereocenters. The minimum atomic E-state index is 0.339. The van der Waals surface area contributed by atoms with E-state index >= 15 is 0 Å². The molecule has 1 aromatic heterocycles. The number of methoxy groups -OCH3 is 2. The maximum Gasteiger partial charge on any atom is 0.222 e. The van der Waals surface area contributed by atoms with E-state index in [2.05, 4.69) is 31.9 Å². The lowest BCUT2D eigenvalue weighted by molar-refractivity contribution is 0.181. The van der Waals surface area contributed by atoms with E-state index in [0.29, 0.717) is 12.6 Å². The first kappa shape index (κ1) is 18.4. The van der Waals surface area contributed by atoms with Crippen molar-refractivity contribution in [3.8, 4) is 5.75 Å². The van der Waals surface area contributed by atoms with Crippen molar-refractivity contribution in [2.45, 2.75) is 20.1 Å². The number of nitrogen functional groups attached to an aromatic ring is 1. The molecule has 0 saturated carbocycles. The van der Waals surface area contributed by atoms with E-state index in [1.165, 1.54) is 5.56 Å². The Labute approximate surface area is 154 Å². The van der Waals surface area contributed by atoms with Gasteiger partial charge in [0.2, 0.25) is 5.95 Å². The second-order valence-electron chi connectivity index (χ2n) is 6.57. The van der Waals surface area contributed by atoms with E-state index in [0.717, 1.165) is 55.5 Å². The average molecular weight is 357 g/mol. The predicted molar refractivity (Wildman–Crippen MR) is 102 cm³/mol. The molecule has 7 nitrogen and oxygen atoms in total. The Morgan fingerprint density at radius 1 is 1.08 bits per heavy atom. The van der Waals surface area contributed by atoms with Gasteiger partial charge in [-0.2, -0.15) is 4.98 Å². The maximum atomic E-state index is 5.78. The number of piperazine rings is 1. The number of rotatable bonds is 6. The Morgan fingerprint density at radius 2 is 1.85 bits per heavy atom. The molecular formula is C19H27N5O2. The molecular weight excluding hydrogens is 330 g/mol. The molecule has 3 rings (SSSR count). The number of benzene rings is 1. The van der Waals surface area contributed by atoms with Crippen molar-refractivity contribution < 1.29 is 9.47 Å². The second-order valence-corrected chi connectivity index (χ2v) is 6.57. The highest BCUT2D eigenvalue weighted by Crippen LogP contribution is 2.22. The molecule has 2 N–H and O–H groups in total. The molecule has 0 bridgehead atoms. The summed E-state index contributed by atoms with van der Waals surface area (Å²) in [5, 5.41) is 0. The van der Waals surface area contributed by atoms with Crippen molar-refractivity contribution in [1.82, 2.24) is 14.9 Å². The highest BCUT2D eigenvalue weighted by atomic mass is 16.5.